The third-order valence-electron chi connectivity index (χ3n) is 5.04. The van der Waals surface area contributed by atoms with Gasteiger partial charge in [0.15, 0.2) is 5.58 Å². The molecule has 0 bridgehead atoms. The number of benzene rings is 1. The van der Waals surface area contributed by atoms with E-state index in [1.165, 1.54) is 0 Å². The molecule has 1 aromatic heterocycles. The number of nitrogens with one attached hydrogen (secondary N) is 1. The van der Waals surface area contributed by atoms with E-state index in [0.717, 1.165) is 50.0 Å². The average molecular weight is 301 g/mol. The van der Waals surface area contributed by atoms with E-state index in [1.54, 1.807) is 0 Å². The molecule has 116 valence electrons. The SMILES string of the molecule is O=C(O)C1CC2(CCN(c3nc4ccccc4o3)CC2)CN1. The molecule has 2 aliphatic heterocycles. The monoisotopic (exact) mass is 301 g/mol. The lowest BCUT2D eigenvalue weighted by molar-refractivity contribution is -0.139. The van der Waals surface area contributed by atoms with E-state index < -0.39 is 12.0 Å². The Kier molecular flexibility index (Phi) is 3.07. The van der Waals surface area contributed by atoms with Crippen LogP contribution in [0.2, 0.25) is 0 Å². The number of carboxylic acid groups (broad SMARTS) is 1. The van der Waals surface area contributed by atoms with Gasteiger partial charge in [-0.2, -0.15) is 4.98 Å². The van der Waals surface area contributed by atoms with Crippen LogP contribution < -0.4 is 10.2 Å². The maximum absolute atomic E-state index is 11.1. The molecule has 2 aliphatic rings. The van der Waals surface area contributed by atoms with Gasteiger partial charge in [-0.1, -0.05) is 12.1 Å². The van der Waals surface area contributed by atoms with Crippen LogP contribution in [-0.4, -0.2) is 41.7 Å². The van der Waals surface area contributed by atoms with Crippen LogP contribution in [0.4, 0.5) is 6.01 Å². The molecule has 2 fully saturated rings. The lowest BCUT2D eigenvalue weighted by Crippen LogP contribution is -2.41. The maximum atomic E-state index is 11.1. The number of hydrogen-bond donors (Lipinski definition) is 2. The number of oxazole rings is 1. The molecule has 6 heteroatoms. The number of carbonyl (C=O) groups is 1. The van der Waals surface area contributed by atoms with Gasteiger partial charge in [-0.15, -0.1) is 0 Å². The second-order valence-corrected chi connectivity index (χ2v) is 6.43. The summed E-state index contributed by atoms with van der Waals surface area (Å²) in [5, 5.41) is 12.3. The van der Waals surface area contributed by atoms with Crippen LogP contribution in [0, 0.1) is 5.41 Å². The van der Waals surface area contributed by atoms with Gasteiger partial charge in [-0.05, 0) is 36.8 Å². The molecule has 2 N–H and O–H groups in total. The van der Waals surface area contributed by atoms with Gasteiger partial charge >= 0.3 is 5.97 Å². The molecule has 4 rings (SSSR count). The molecule has 0 amide bonds. The molecular weight excluding hydrogens is 282 g/mol. The number of anilines is 1. The fourth-order valence-electron chi connectivity index (χ4n) is 3.64. The zero-order valence-corrected chi connectivity index (χ0v) is 12.3. The highest BCUT2D eigenvalue weighted by molar-refractivity contribution is 5.74. The third kappa shape index (κ3) is 2.23. The minimum absolute atomic E-state index is 0.117. The highest BCUT2D eigenvalue weighted by Crippen LogP contribution is 2.40. The Labute approximate surface area is 128 Å². The van der Waals surface area contributed by atoms with Crippen LogP contribution in [0.3, 0.4) is 0 Å². The number of carboxylic acids is 1. The van der Waals surface area contributed by atoms with Crippen LogP contribution >= 0.6 is 0 Å². The maximum Gasteiger partial charge on any atom is 0.320 e. The Morgan fingerprint density at radius 1 is 1.36 bits per heavy atom. The summed E-state index contributed by atoms with van der Waals surface area (Å²) in [6, 6.07) is 8.06. The van der Waals surface area contributed by atoms with Crippen molar-refractivity contribution in [2.24, 2.45) is 5.41 Å². The number of nitrogens with zero attached hydrogens (tertiary/aromatic N) is 2. The summed E-state index contributed by atoms with van der Waals surface area (Å²) < 4.78 is 5.82. The van der Waals surface area contributed by atoms with Crippen molar-refractivity contribution in [3.05, 3.63) is 24.3 Å². The first kappa shape index (κ1) is 13.6. The van der Waals surface area contributed by atoms with Gasteiger partial charge in [0.1, 0.15) is 11.6 Å². The summed E-state index contributed by atoms with van der Waals surface area (Å²) >= 11 is 0. The molecule has 2 aromatic rings. The van der Waals surface area contributed by atoms with Gasteiger partial charge in [-0.25, -0.2) is 0 Å². The number of hydrogen-bond acceptors (Lipinski definition) is 5. The predicted molar refractivity (Wildman–Crippen MR) is 81.9 cm³/mol. The lowest BCUT2D eigenvalue weighted by Gasteiger charge is -2.38. The quantitative estimate of drug-likeness (QED) is 0.881. The Morgan fingerprint density at radius 2 is 2.14 bits per heavy atom. The minimum Gasteiger partial charge on any atom is -0.480 e. The topological polar surface area (TPSA) is 78.6 Å². The second kappa shape index (κ2) is 4.98. The van der Waals surface area contributed by atoms with Gasteiger partial charge < -0.3 is 19.7 Å². The Balaban J connectivity index is 1.47. The Morgan fingerprint density at radius 3 is 2.82 bits per heavy atom. The molecular formula is C16H19N3O3. The third-order valence-corrected chi connectivity index (χ3v) is 5.04. The normalized spacial score (nSPS) is 24.2. The first-order valence-electron chi connectivity index (χ1n) is 7.72. The Bertz CT molecular complexity index is 670. The van der Waals surface area contributed by atoms with Crippen molar-refractivity contribution in [3.8, 4) is 0 Å². The highest BCUT2D eigenvalue weighted by Gasteiger charge is 2.44. The number of para-hydroxylation sites is 2. The number of rotatable bonds is 2. The van der Waals surface area contributed by atoms with Crippen LogP contribution in [0.5, 0.6) is 0 Å². The van der Waals surface area contributed by atoms with E-state index in [4.69, 9.17) is 9.52 Å². The smallest absolute Gasteiger partial charge is 0.320 e. The highest BCUT2D eigenvalue weighted by atomic mass is 16.4. The van der Waals surface area contributed by atoms with E-state index in [-0.39, 0.29) is 5.41 Å². The summed E-state index contributed by atoms with van der Waals surface area (Å²) in [4.78, 5) is 17.8. The van der Waals surface area contributed by atoms with Gasteiger partial charge in [0, 0.05) is 19.6 Å². The summed E-state index contributed by atoms with van der Waals surface area (Å²) in [7, 11) is 0. The van der Waals surface area contributed by atoms with Crippen molar-refractivity contribution in [1.29, 1.82) is 0 Å². The number of aromatic nitrogens is 1. The molecule has 3 heterocycles. The zero-order chi connectivity index (χ0) is 15.2. The summed E-state index contributed by atoms with van der Waals surface area (Å²) in [6.45, 7) is 2.52. The molecule has 0 aliphatic carbocycles. The summed E-state index contributed by atoms with van der Waals surface area (Å²) in [6.07, 6.45) is 2.68. The van der Waals surface area contributed by atoms with Crippen molar-refractivity contribution < 1.29 is 14.3 Å². The van der Waals surface area contributed by atoms with Crippen molar-refractivity contribution in [2.45, 2.75) is 25.3 Å². The van der Waals surface area contributed by atoms with E-state index in [2.05, 4.69) is 15.2 Å². The largest absolute Gasteiger partial charge is 0.480 e. The first-order valence-corrected chi connectivity index (χ1v) is 7.72. The standard InChI is InChI=1S/C16H19N3O3/c20-14(21)12-9-16(10-17-12)5-7-19(8-6-16)15-18-11-3-1-2-4-13(11)22-15/h1-4,12,17H,5-10H2,(H,20,21). The van der Waals surface area contributed by atoms with Crippen LogP contribution in [-0.2, 0) is 4.79 Å². The number of piperidine rings is 1. The second-order valence-electron chi connectivity index (χ2n) is 6.43. The van der Waals surface area contributed by atoms with Gasteiger partial charge in [0.2, 0.25) is 0 Å². The predicted octanol–water partition coefficient (Wildman–Crippen LogP) is 1.86. The molecule has 0 radical (unpaired) electrons. The molecule has 1 aromatic carbocycles. The molecule has 1 spiro atoms. The molecule has 1 unspecified atom stereocenters. The van der Waals surface area contributed by atoms with Crippen molar-refractivity contribution in [2.75, 3.05) is 24.5 Å². The van der Waals surface area contributed by atoms with Gasteiger partial charge in [0.05, 0.1) is 0 Å². The fraction of sp³-hybridized carbons (Fsp3) is 0.500. The van der Waals surface area contributed by atoms with E-state index in [1.807, 2.05) is 24.3 Å². The zero-order valence-electron chi connectivity index (χ0n) is 12.3. The minimum atomic E-state index is -0.738. The van der Waals surface area contributed by atoms with E-state index in [9.17, 15) is 4.79 Å². The fourth-order valence-corrected chi connectivity index (χ4v) is 3.64. The van der Waals surface area contributed by atoms with Crippen LogP contribution in [0.15, 0.2) is 28.7 Å². The van der Waals surface area contributed by atoms with Crippen LogP contribution in [0.25, 0.3) is 11.1 Å². The Hall–Kier alpha value is -2.08. The number of fused-ring (bicyclic) bond motifs is 1. The van der Waals surface area contributed by atoms with Crippen LogP contribution in [0.1, 0.15) is 19.3 Å². The average Bonchev–Trinajstić information content (AvgIpc) is 3.13. The molecule has 22 heavy (non-hydrogen) atoms. The first-order chi connectivity index (χ1) is 10.7. The van der Waals surface area contributed by atoms with Gasteiger partial charge in [0.25, 0.3) is 6.01 Å². The molecule has 6 nitrogen and oxygen atoms in total. The molecule has 0 saturated carbocycles. The lowest BCUT2D eigenvalue weighted by atomic mass is 9.76. The number of aliphatic carboxylic acids is 1. The van der Waals surface area contributed by atoms with Gasteiger partial charge in [-0.3, -0.25) is 4.79 Å². The van der Waals surface area contributed by atoms with Crippen molar-refractivity contribution >= 4 is 23.1 Å². The van der Waals surface area contributed by atoms with E-state index >= 15 is 0 Å². The molecule has 1 atom stereocenters. The molecule has 2 saturated heterocycles. The van der Waals surface area contributed by atoms with E-state index in [0.29, 0.717) is 6.01 Å². The summed E-state index contributed by atoms with van der Waals surface area (Å²) in [5.74, 6) is -0.738. The van der Waals surface area contributed by atoms with Crippen molar-refractivity contribution in [1.82, 2.24) is 10.3 Å². The summed E-state index contributed by atoms with van der Waals surface area (Å²) in [5.41, 5.74) is 1.81. The van der Waals surface area contributed by atoms with Crippen molar-refractivity contribution in [3.63, 3.8) is 0 Å².